The number of anilines is 1. The maximum atomic E-state index is 12.1. The van der Waals surface area contributed by atoms with Crippen molar-refractivity contribution in [1.29, 1.82) is 0 Å². The second-order valence-electron chi connectivity index (χ2n) is 8.21. The van der Waals surface area contributed by atoms with Crippen LogP contribution in [0.2, 0.25) is 0 Å². The minimum atomic E-state index is -3.04. The summed E-state index contributed by atoms with van der Waals surface area (Å²) < 4.78 is 34.0. The highest BCUT2D eigenvalue weighted by Crippen LogP contribution is 2.32. The monoisotopic (exact) mass is 568 g/mol. The van der Waals surface area contributed by atoms with Crippen molar-refractivity contribution in [3.8, 4) is 11.5 Å². The molecule has 1 amide bonds. The van der Waals surface area contributed by atoms with Crippen LogP contribution in [-0.2, 0) is 14.6 Å². The number of guanidine groups is 1. The Bertz CT molecular complexity index is 869. The van der Waals surface area contributed by atoms with E-state index in [1.807, 2.05) is 39.0 Å². The number of amides is 1. The van der Waals surface area contributed by atoms with Gasteiger partial charge in [0.15, 0.2) is 17.5 Å². The molecule has 0 radical (unpaired) electrons. The molecule has 1 aromatic carbocycles. The number of nitrogens with one attached hydrogen (secondary N) is 3. The second kappa shape index (κ2) is 12.3. The molecule has 1 aromatic rings. The quantitative estimate of drug-likeness (QED) is 0.200. The van der Waals surface area contributed by atoms with Crippen molar-refractivity contribution in [3.05, 3.63) is 18.2 Å². The van der Waals surface area contributed by atoms with Gasteiger partial charge < -0.3 is 25.4 Å². The van der Waals surface area contributed by atoms with Gasteiger partial charge >= 0.3 is 0 Å². The molecule has 0 spiro atoms. The Labute approximate surface area is 201 Å². The fourth-order valence-corrected chi connectivity index (χ4v) is 3.34. The molecular formula is C20H33IN4O5S. The molecule has 0 aromatic heterocycles. The van der Waals surface area contributed by atoms with Crippen molar-refractivity contribution in [2.24, 2.45) is 4.99 Å². The van der Waals surface area contributed by atoms with Gasteiger partial charge in [-0.1, -0.05) is 0 Å². The van der Waals surface area contributed by atoms with E-state index in [9.17, 15) is 13.2 Å². The largest absolute Gasteiger partial charge is 0.490 e. The smallest absolute Gasteiger partial charge is 0.242 e. The van der Waals surface area contributed by atoms with Crippen LogP contribution in [0, 0.1) is 0 Å². The minimum absolute atomic E-state index is 0. The number of hydrogen-bond donors (Lipinski definition) is 3. The molecule has 0 atom stereocenters. The Kier molecular flexibility index (Phi) is 10.8. The van der Waals surface area contributed by atoms with Gasteiger partial charge in [0.25, 0.3) is 0 Å². The van der Waals surface area contributed by atoms with Crippen molar-refractivity contribution in [2.45, 2.75) is 39.2 Å². The first-order valence-corrected chi connectivity index (χ1v) is 12.0. The maximum absolute atomic E-state index is 12.1. The molecule has 1 heterocycles. The highest BCUT2D eigenvalue weighted by molar-refractivity contribution is 14.0. The van der Waals surface area contributed by atoms with Crippen LogP contribution < -0.4 is 25.4 Å². The highest BCUT2D eigenvalue weighted by Gasteiger charge is 2.14. The van der Waals surface area contributed by atoms with Crippen LogP contribution in [-0.4, -0.2) is 64.1 Å². The topological polar surface area (TPSA) is 118 Å². The fourth-order valence-electron chi connectivity index (χ4n) is 2.67. The number of aliphatic imine (C=N–C) groups is 1. The summed E-state index contributed by atoms with van der Waals surface area (Å²) in [6, 6.07) is 5.45. The van der Waals surface area contributed by atoms with Gasteiger partial charge in [-0.25, -0.2) is 13.4 Å². The van der Waals surface area contributed by atoms with Gasteiger partial charge in [-0.15, -0.1) is 24.0 Å². The molecule has 0 aliphatic carbocycles. The number of sulfone groups is 1. The van der Waals surface area contributed by atoms with E-state index in [0.29, 0.717) is 49.3 Å². The third-order valence-electron chi connectivity index (χ3n) is 3.89. The molecule has 0 saturated heterocycles. The van der Waals surface area contributed by atoms with Crippen LogP contribution in [0.25, 0.3) is 0 Å². The van der Waals surface area contributed by atoms with E-state index < -0.39 is 9.84 Å². The highest BCUT2D eigenvalue weighted by atomic mass is 127. The van der Waals surface area contributed by atoms with E-state index in [1.165, 1.54) is 6.26 Å². The second-order valence-corrected chi connectivity index (χ2v) is 10.5. The zero-order valence-electron chi connectivity index (χ0n) is 18.5. The average molecular weight is 568 g/mol. The normalized spacial score (nSPS) is 14.1. The molecule has 0 fully saturated rings. The maximum Gasteiger partial charge on any atom is 0.242 e. The van der Waals surface area contributed by atoms with Gasteiger partial charge in [-0.05, 0) is 39.3 Å². The lowest BCUT2D eigenvalue weighted by molar-refractivity contribution is -0.121. The average Bonchev–Trinajstić information content (AvgIpc) is 2.85. The summed E-state index contributed by atoms with van der Waals surface area (Å²) >= 11 is 0. The third-order valence-corrected chi connectivity index (χ3v) is 4.92. The van der Waals surface area contributed by atoms with Gasteiger partial charge in [0.1, 0.15) is 16.4 Å². The molecule has 9 nitrogen and oxygen atoms in total. The predicted octanol–water partition coefficient (Wildman–Crippen LogP) is 2.17. The predicted molar refractivity (Wildman–Crippen MR) is 134 cm³/mol. The molecule has 1 aliphatic rings. The first kappa shape index (κ1) is 27.3. The van der Waals surface area contributed by atoms with Crippen molar-refractivity contribution < 1.29 is 22.7 Å². The van der Waals surface area contributed by atoms with Crippen molar-refractivity contribution in [3.63, 3.8) is 0 Å². The van der Waals surface area contributed by atoms with Crippen LogP contribution in [0.3, 0.4) is 0 Å². The van der Waals surface area contributed by atoms with Gasteiger partial charge in [0, 0.05) is 36.5 Å². The number of carbonyl (C=O) groups excluding carboxylic acids is 1. The van der Waals surface area contributed by atoms with E-state index in [4.69, 9.17) is 9.47 Å². The summed E-state index contributed by atoms with van der Waals surface area (Å²) in [5, 5.41) is 9.07. The lowest BCUT2D eigenvalue weighted by Gasteiger charge is -2.20. The summed E-state index contributed by atoms with van der Waals surface area (Å²) in [5.41, 5.74) is 0.363. The van der Waals surface area contributed by atoms with Crippen LogP contribution >= 0.6 is 24.0 Å². The molecule has 1 aliphatic heterocycles. The SMILES string of the molecule is CC(C)(C)NC(=O)CN=C(NCCCS(C)(=O)=O)Nc1ccc2c(c1)OCCCO2.I. The van der Waals surface area contributed by atoms with E-state index in [2.05, 4.69) is 20.9 Å². The van der Waals surface area contributed by atoms with E-state index >= 15 is 0 Å². The zero-order chi connectivity index (χ0) is 22.2. The van der Waals surface area contributed by atoms with Crippen LogP contribution in [0.15, 0.2) is 23.2 Å². The number of benzene rings is 1. The van der Waals surface area contributed by atoms with Crippen LogP contribution in [0.4, 0.5) is 5.69 Å². The molecule has 0 bridgehead atoms. The number of fused-ring (bicyclic) bond motifs is 1. The summed E-state index contributed by atoms with van der Waals surface area (Å²) in [6.07, 6.45) is 2.44. The van der Waals surface area contributed by atoms with Crippen molar-refractivity contribution in [2.75, 3.05) is 43.6 Å². The Morgan fingerprint density at radius 2 is 1.84 bits per heavy atom. The molecule has 3 N–H and O–H groups in total. The first-order chi connectivity index (χ1) is 14.0. The third kappa shape index (κ3) is 11.4. The Balaban J connectivity index is 0.00000480. The van der Waals surface area contributed by atoms with Crippen molar-refractivity contribution in [1.82, 2.24) is 10.6 Å². The van der Waals surface area contributed by atoms with Crippen LogP contribution in [0.1, 0.15) is 33.6 Å². The van der Waals surface area contributed by atoms with Gasteiger partial charge in [0.05, 0.1) is 19.0 Å². The van der Waals surface area contributed by atoms with Gasteiger partial charge in [-0.2, -0.15) is 0 Å². The number of ether oxygens (including phenoxy) is 2. The Hall–Kier alpha value is -1.76. The lowest BCUT2D eigenvalue weighted by atomic mass is 10.1. The van der Waals surface area contributed by atoms with Gasteiger partial charge in [-0.3, -0.25) is 4.79 Å². The summed E-state index contributed by atoms with van der Waals surface area (Å²) in [5.74, 6) is 1.56. The lowest BCUT2D eigenvalue weighted by Crippen LogP contribution is -2.42. The van der Waals surface area contributed by atoms with Crippen molar-refractivity contribution >= 4 is 51.4 Å². The number of hydrogen-bond acceptors (Lipinski definition) is 6. The number of nitrogens with zero attached hydrogens (tertiary/aromatic N) is 1. The molecule has 31 heavy (non-hydrogen) atoms. The van der Waals surface area contributed by atoms with Crippen LogP contribution in [0.5, 0.6) is 11.5 Å². The summed E-state index contributed by atoms with van der Waals surface area (Å²) in [4.78, 5) is 16.4. The fraction of sp³-hybridized carbons (Fsp3) is 0.600. The molecule has 0 saturated carbocycles. The summed E-state index contributed by atoms with van der Waals surface area (Å²) in [6.45, 7) is 7.21. The standard InChI is InChI=1S/C20H32N4O5S.HI/c1-20(2,3)24-18(25)14-22-19(21-9-5-12-30(4,26)27)23-15-7-8-16-17(13-15)29-11-6-10-28-16;/h7-8,13H,5-6,9-12,14H2,1-4H3,(H,24,25)(H2,21,22,23);1H. The van der Waals surface area contributed by atoms with E-state index in [0.717, 1.165) is 6.42 Å². The molecule has 11 heteroatoms. The molecule has 0 unspecified atom stereocenters. The Morgan fingerprint density at radius 3 is 2.48 bits per heavy atom. The minimum Gasteiger partial charge on any atom is -0.490 e. The summed E-state index contributed by atoms with van der Waals surface area (Å²) in [7, 11) is -3.04. The number of rotatable bonds is 7. The molecule has 2 rings (SSSR count). The molecular weight excluding hydrogens is 535 g/mol. The zero-order valence-corrected chi connectivity index (χ0v) is 21.6. The first-order valence-electron chi connectivity index (χ1n) is 9.95. The van der Waals surface area contributed by atoms with E-state index in [1.54, 1.807) is 0 Å². The Morgan fingerprint density at radius 1 is 1.16 bits per heavy atom. The molecule has 176 valence electrons. The van der Waals surface area contributed by atoms with E-state index in [-0.39, 0.29) is 47.7 Å². The number of carbonyl (C=O) groups is 1. The van der Waals surface area contributed by atoms with Gasteiger partial charge in [0.2, 0.25) is 5.91 Å². The number of halogens is 1.